The van der Waals surface area contributed by atoms with Crippen molar-refractivity contribution in [2.75, 3.05) is 17.5 Å². The van der Waals surface area contributed by atoms with Crippen molar-refractivity contribution in [2.24, 2.45) is 0 Å². The number of aromatic nitrogens is 5. The van der Waals surface area contributed by atoms with Crippen LogP contribution in [0.1, 0.15) is 35.9 Å². The van der Waals surface area contributed by atoms with Crippen LogP contribution in [0.4, 0.5) is 5.95 Å². The number of rotatable bonds is 3. The average Bonchev–Trinajstić information content (AvgIpc) is 3.04. The van der Waals surface area contributed by atoms with Gasteiger partial charge in [-0.25, -0.2) is 19.9 Å². The molecule has 160 valence electrons. The molecule has 0 fully saturated rings. The van der Waals surface area contributed by atoms with Gasteiger partial charge in [0.15, 0.2) is 5.78 Å². The Morgan fingerprint density at radius 1 is 0.931 bits per heavy atom. The van der Waals surface area contributed by atoms with Crippen LogP contribution in [0, 0.1) is 27.7 Å². The molecule has 0 unspecified atom stereocenters. The smallest absolute Gasteiger partial charge is 0.234 e. The van der Waals surface area contributed by atoms with E-state index in [0.717, 1.165) is 34.2 Å². The standard InChI is InChI=1S/C9H10ClN3.C6H9N3.C3H4Cl2O.CH4/c1-6-3-7(2)13-5-8(4-10)12-9(13)11-6;1-4-3-5(2)9-6(7)8-4;4-1-3(6)2-5;/h3,5H,4H2,1-2H3;3H,1-2H3,(H2,7,8,9);1-2H2;1H4. The third kappa shape index (κ3) is 9.39. The molecule has 0 saturated carbocycles. The van der Waals surface area contributed by atoms with Crippen molar-refractivity contribution < 1.29 is 4.79 Å². The second-order valence-electron chi connectivity index (χ2n) is 5.89. The number of hydrogen-bond acceptors (Lipinski definition) is 6. The quantitative estimate of drug-likeness (QED) is 0.579. The van der Waals surface area contributed by atoms with Gasteiger partial charge in [0.1, 0.15) is 0 Å². The van der Waals surface area contributed by atoms with Crippen molar-refractivity contribution >= 4 is 52.3 Å². The Kier molecular flexibility index (Phi) is 12.4. The fourth-order valence-corrected chi connectivity index (χ4v) is 2.59. The molecule has 7 nitrogen and oxygen atoms in total. The van der Waals surface area contributed by atoms with Crippen LogP contribution in [0.5, 0.6) is 0 Å². The van der Waals surface area contributed by atoms with E-state index in [1.165, 1.54) is 0 Å². The Bertz CT molecular complexity index is 873. The van der Waals surface area contributed by atoms with Gasteiger partial charge in [-0.15, -0.1) is 34.8 Å². The van der Waals surface area contributed by atoms with E-state index in [0.29, 0.717) is 11.8 Å². The van der Waals surface area contributed by atoms with E-state index in [-0.39, 0.29) is 25.0 Å². The number of Topliss-reactive ketones (excluding diaryl/α,β-unsaturated/α-hetero) is 1. The summed E-state index contributed by atoms with van der Waals surface area (Å²) in [7, 11) is 0. The maximum Gasteiger partial charge on any atom is 0.234 e. The van der Waals surface area contributed by atoms with Gasteiger partial charge < -0.3 is 5.73 Å². The summed E-state index contributed by atoms with van der Waals surface area (Å²) in [6, 6.07) is 3.91. The minimum Gasteiger partial charge on any atom is -0.368 e. The number of carbonyl (C=O) groups is 1. The number of imidazole rings is 1. The van der Waals surface area contributed by atoms with Gasteiger partial charge in [-0.1, -0.05) is 7.43 Å². The SMILES string of the molecule is C.Cc1cc(C)n2cc(CCl)nc2n1.Cc1cc(C)nc(N)n1.O=C(CCl)CCl. The number of nitrogens with zero attached hydrogens (tertiary/aromatic N) is 5. The number of halogens is 3. The van der Waals surface area contributed by atoms with Crippen molar-refractivity contribution in [3.05, 3.63) is 46.8 Å². The molecule has 10 heteroatoms. The first-order valence-electron chi connectivity index (χ1n) is 8.29. The molecule has 0 amide bonds. The minimum atomic E-state index is -0.127. The summed E-state index contributed by atoms with van der Waals surface area (Å²) in [4.78, 5) is 26.3. The minimum absolute atomic E-state index is 0. The van der Waals surface area contributed by atoms with Gasteiger partial charge in [0, 0.05) is 29.0 Å². The van der Waals surface area contributed by atoms with E-state index in [9.17, 15) is 4.79 Å². The third-order valence-electron chi connectivity index (χ3n) is 3.25. The Hall–Kier alpha value is -1.96. The highest BCUT2D eigenvalue weighted by atomic mass is 35.5. The Morgan fingerprint density at radius 2 is 1.45 bits per heavy atom. The molecule has 0 aromatic carbocycles. The third-order valence-corrected chi connectivity index (χ3v) is 4.12. The van der Waals surface area contributed by atoms with Crippen molar-refractivity contribution in [1.29, 1.82) is 0 Å². The van der Waals surface area contributed by atoms with Crippen molar-refractivity contribution in [2.45, 2.75) is 41.0 Å². The van der Waals surface area contributed by atoms with Gasteiger partial charge in [0.05, 0.1) is 23.3 Å². The first-order valence-corrected chi connectivity index (χ1v) is 9.90. The highest BCUT2D eigenvalue weighted by Crippen LogP contribution is 2.09. The molecule has 0 saturated heterocycles. The number of aryl methyl sites for hydroxylation is 4. The lowest BCUT2D eigenvalue weighted by molar-refractivity contribution is -0.114. The molecule has 0 radical (unpaired) electrons. The first-order chi connectivity index (χ1) is 13.2. The number of carbonyl (C=O) groups excluding carboxylic acids is 1. The lowest BCUT2D eigenvalue weighted by atomic mass is 10.3. The van der Waals surface area contributed by atoms with Crippen LogP contribution in [0.25, 0.3) is 5.78 Å². The zero-order valence-corrected chi connectivity index (χ0v) is 18.5. The zero-order valence-electron chi connectivity index (χ0n) is 16.2. The van der Waals surface area contributed by atoms with Gasteiger partial charge in [-0.05, 0) is 39.8 Å². The van der Waals surface area contributed by atoms with Crippen LogP contribution in [-0.4, -0.2) is 41.9 Å². The number of anilines is 1. The van der Waals surface area contributed by atoms with E-state index in [4.69, 9.17) is 40.5 Å². The number of ketones is 1. The molecule has 3 heterocycles. The van der Waals surface area contributed by atoms with Gasteiger partial charge in [0.2, 0.25) is 11.7 Å². The van der Waals surface area contributed by atoms with Crippen LogP contribution < -0.4 is 5.73 Å². The molecule has 3 rings (SSSR count). The van der Waals surface area contributed by atoms with Gasteiger partial charge in [0.25, 0.3) is 0 Å². The van der Waals surface area contributed by atoms with Crippen LogP contribution in [0.3, 0.4) is 0 Å². The number of fused-ring (bicyclic) bond motifs is 1. The predicted molar refractivity (Wildman–Crippen MR) is 121 cm³/mol. The largest absolute Gasteiger partial charge is 0.368 e. The molecule has 2 N–H and O–H groups in total. The molecule has 0 aliphatic heterocycles. The second-order valence-corrected chi connectivity index (χ2v) is 6.69. The molecule has 0 atom stereocenters. The second kappa shape index (κ2) is 13.3. The summed E-state index contributed by atoms with van der Waals surface area (Å²) in [6.07, 6.45) is 1.92. The molecule has 0 aliphatic rings. The fourth-order valence-electron chi connectivity index (χ4n) is 2.17. The normalized spacial score (nSPS) is 9.62. The molecule has 0 bridgehead atoms. The van der Waals surface area contributed by atoms with Gasteiger partial charge in [-0.3, -0.25) is 9.20 Å². The molecular weight excluding hydrogens is 435 g/mol. The summed E-state index contributed by atoms with van der Waals surface area (Å²) >= 11 is 15.7. The van der Waals surface area contributed by atoms with E-state index < -0.39 is 0 Å². The highest BCUT2D eigenvalue weighted by Gasteiger charge is 2.03. The van der Waals surface area contributed by atoms with Gasteiger partial charge >= 0.3 is 0 Å². The van der Waals surface area contributed by atoms with E-state index >= 15 is 0 Å². The molecule has 0 spiro atoms. The lowest BCUT2D eigenvalue weighted by Gasteiger charge is -1.98. The summed E-state index contributed by atoms with van der Waals surface area (Å²) in [5.74, 6) is 1.45. The van der Waals surface area contributed by atoms with Crippen LogP contribution >= 0.6 is 34.8 Å². The Balaban J connectivity index is 0.000000432. The molecule has 3 aromatic heterocycles. The van der Waals surface area contributed by atoms with Crippen molar-refractivity contribution in [3.63, 3.8) is 0 Å². The molecule has 0 aliphatic carbocycles. The van der Waals surface area contributed by atoms with E-state index in [1.54, 1.807) is 0 Å². The molecule has 3 aromatic rings. The molecular formula is C19H27Cl3N6O. The number of alkyl halides is 3. The number of nitrogen functional groups attached to an aromatic ring is 1. The van der Waals surface area contributed by atoms with Crippen LogP contribution in [0.2, 0.25) is 0 Å². The maximum atomic E-state index is 9.92. The maximum absolute atomic E-state index is 9.92. The number of nitrogens with two attached hydrogens (primary N) is 1. The Morgan fingerprint density at radius 3 is 1.86 bits per heavy atom. The molecule has 29 heavy (non-hydrogen) atoms. The average molecular weight is 462 g/mol. The monoisotopic (exact) mass is 460 g/mol. The van der Waals surface area contributed by atoms with E-state index in [1.807, 2.05) is 50.4 Å². The van der Waals surface area contributed by atoms with Crippen LogP contribution in [0.15, 0.2) is 18.3 Å². The summed E-state index contributed by atoms with van der Waals surface area (Å²) < 4.78 is 1.95. The lowest BCUT2D eigenvalue weighted by Crippen LogP contribution is -1.98. The van der Waals surface area contributed by atoms with E-state index in [2.05, 4.69) is 19.9 Å². The predicted octanol–water partition coefficient (Wildman–Crippen LogP) is 4.43. The topological polar surface area (TPSA) is 99.1 Å². The van der Waals surface area contributed by atoms with Crippen molar-refractivity contribution in [3.8, 4) is 0 Å². The fraction of sp³-hybridized carbons (Fsp3) is 0.421. The first kappa shape index (κ1) is 27.0. The number of hydrogen-bond donors (Lipinski definition) is 1. The highest BCUT2D eigenvalue weighted by molar-refractivity contribution is 6.35. The van der Waals surface area contributed by atoms with Crippen LogP contribution in [-0.2, 0) is 10.7 Å². The summed E-state index contributed by atoms with van der Waals surface area (Å²) in [6.45, 7) is 7.78. The summed E-state index contributed by atoms with van der Waals surface area (Å²) in [5.41, 5.74) is 10.1. The van der Waals surface area contributed by atoms with Crippen molar-refractivity contribution in [1.82, 2.24) is 24.3 Å². The zero-order chi connectivity index (χ0) is 21.3. The summed E-state index contributed by atoms with van der Waals surface area (Å²) in [5, 5.41) is 0. The Labute approximate surface area is 186 Å². The van der Waals surface area contributed by atoms with Gasteiger partial charge in [-0.2, -0.15) is 0 Å².